The summed E-state index contributed by atoms with van der Waals surface area (Å²) < 4.78 is 58.3. The highest BCUT2D eigenvalue weighted by Crippen LogP contribution is 2.58. The highest BCUT2D eigenvalue weighted by Gasteiger charge is 2.43. The van der Waals surface area contributed by atoms with Gasteiger partial charge in [-0.1, -0.05) is 54.6 Å². The van der Waals surface area contributed by atoms with Crippen molar-refractivity contribution in [3.8, 4) is 33.8 Å². The van der Waals surface area contributed by atoms with Gasteiger partial charge in [-0.15, -0.1) is 23.5 Å². The van der Waals surface area contributed by atoms with Crippen LogP contribution in [0.1, 0.15) is 55.5 Å². The molecule has 1 aliphatic rings. The quantitative estimate of drug-likeness (QED) is 0.0734. The average Bonchev–Trinajstić information content (AvgIpc) is 3.25. The molecule has 1 aliphatic heterocycles. The number of aliphatic hydroxyl groups is 1. The molecule has 0 bridgehead atoms. The molecular formula is C45H38F4N2O5S2. The van der Waals surface area contributed by atoms with Crippen molar-refractivity contribution in [1.82, 2.24) is 9.97 Å². The Labute approximate surface area is 341 Å². The molecule has 0 amide bonds. The van der Waals surface area contributed by atoms with Crippen molar-refractivity contribution in [1.29, 1.82) is 0 Å². The highest BCUT2D eigenvalue weighted by atomic mass is 32.2. The van der Waals surface area contributed by atoms with E-state index in [0.29, 0.717) is 16.7 Å². The number of hydrogen-bond acceptors (Lipinski definition) is 9. The fourth-order valence-corrected chi connectivity index (χ4v) is 9.80. The number of carbonyl (C=O) groups excluding carboxylic acids is 2. The zero-order valence-electron chi connectivity index (χ0n) is 31.4. The van der Waals surface area contributed by atoms with Crippen LogP contribution < -0.4 is 9.47 Å². The number of hydrogen-bond donors (Lipinski definition) is 1. The number of pyridine rings is 2. The molecule has 1 atom stereocenters. The molecular weight excluding hydrogens is 789 g/mol. The highest BCUT2D eigenvalue weighted by molar-refractivity contribution is 8.18. The molecule has 1 unspecified atom stereocenters. The van der Waals surface area contributed by atoms with Crippen LogP contribution in [0.4, 0.5) is 17.6 Å². The molecule has 0 aliphatic carbocycles. The molecule has 1 saturated heterocycles. The lowest BCUT2D eigenvalue weighted by molar-refractivity contribution is -0.0509. The zero-order chi connectivity index (χ0) is 41.2. The summed E-state index contributed by atoms with van der Waals surface area (Å²) in [4.78, 5) is 33.4. The van der Waals surface area contributed by atoms with Gasteiger partial charge in [-0.05, 0) is 125 Å². The number of ether oxygens (including phenoxy) is 2. The first-order valence-electron chi connectivity index (χ1n) is 18.1. The summed E-state index contributed by atoms with van der Waals surface area (Å²) in [5.74, 6) is 0.572. The molecule has 7 nitrogen and oxygen atoms in total. The van der Waals surface area contributed by atoms with Gasteiger partial charge in [0.15, 0.2) is 0 Å². The summed E-state index contributed by atoms with van der Waals surface area (Å²) in [7, 11) is 0. The number of aromatic nitrogens is 2. The van der Waals surface area contributed by atoms with Crippen LogP contribution in [0.5, 0.6) is 11.5 Å². The van der Waals surface area contributed by atoms with Crippen LogP contribution in [0, 0.1) is 13.8 Å². The van der Waals surface area contributed by atoms with Gasteiger partial charge >= 0.3 is 13.2 Å². The number of Topliss-reactive ketones (excluding diaryl/α,β-unsaturated/α-hetero) is 2. The third kappa shape index (κ3) is 10.1. The van der Waals surface area contributed by atoms with E-state index in [2.05, 4.69) is 31.6 Å². The monoisotopic (exact) mass is 826 g/mol. The van der Waals surface area contributed by atoms with E-state index in [0.717, 1.165) is 45.7 Å². The summed E-state index contributed by atoms with van der Waals surface area (Å²) >= 11 is 3.47. The predicted molar refractivity (Wildman–Crippen MR) is 220 cm³/mol. The summed E-state index contributed by atoms with van der Waals surface area (Å²) in [5.41, 5.74) is 6.64. The number of alkyl halides is 4. The first-order valence-corrected chi connectivity index (χ1v) is 20.1. The molecule has 13 heteroatoms. The van der Waals surface area contributed by atoms with Gasteiger partial charge in [0, 0.05) is 41.5 Å². The maximum absolute atomic E-state index is 12.6. The Kier molecular flexibility index (Phi) is 14.0. The van der Waals surface area contributed by atoms with Crippen molar-refractivity contribution in [3.63, 3.8) is 0 Å². The fraction of sp³-hybridized carbons (Fsp3) is 0.200. The normalized spacial score (nSPS) is 13.9. The van der Waals surface area contributed by atoms with E-state index in [9.17, 15) is 32.3 Å². The van der Waals surface area contributed by atoms with Gasteiger partial charge < -0.3 is 14.6 Å². The van der Waals surface area contributed by atoms with E-state index in [1.54, 1.807) is 85.4 Å². The van der Waals surface area contributed by atoms with Crippen LogP contribution >= 0.6 is 23.5 Å². The number of benzene rings is 4. The Hall–Kier alpha value is -5.50. The standard InChI is InChI=1S/C24H23F2NO2S2.C21H15F2NO3/c1-16-13-18(8-9-21(16)29-23(25)26)22(28)24(30-11-4-12-31-24)20-7-2-5-17(14-20)19-6-3-10-27-15-19;1-13-10-16(7-8-18(13)27-21(22)23)20(26)19(25)15-5-2-4-14(11-15)17-6-3-9-24-12-17/h2-3,5-10,13-15,22-23,28H,4,11-12H2,1H3;2-12,21H,1H3. The minimum Gasteiger partial charge on any atom is -0.435 e. The maximum Gasteiger partial charge on any atom is 0.387 e. The van der Waals surface area contributed by atoms with E-state index >= 15 is 0 Å². The lowest BCUT2D eigenvalue weighted by Gasteiger charge is -2.40. The second-order valence-corrected chi connectivity index (χ2v) is 16.1. The minimum absolute atomic E-state index is 0.0347. The van der Waals surface area contributed by atoms with Crippen LogP contribution in [-0.2, 0) is 4.08 Å². The number of rotatable bonds is 12. The Morgan fingerprint density at radius 3 is 1.69 bits per heavy atom. The molecule has 7 rings (SSSR count). The van der Waals surface area contributed by atoms with Crippen molar-refractivity contribution < 1.29 is 41.7 Å². The van der Waals surface area contributed by atoms with E-state index < -0.39 is 35.0 Å². The summed E-state index contributed by atoms with van der Waals surface area (Å²) in [6.45, 7) is -2.59. The lowest BCUT2D eigenvalue weighted by Crippen LogP contribution is -2.30. The van der Waals surface area contributed by atoms with Crippen LogP contribution in [0.2, 0.25) is 0 Å². The van der Waals surface area contributed by atoms with Crippen molar-refractivity contribution in [3.05, 3.63) is 167 Å². The molecule has 58 heavy (non-hydrogen) atoms. The van der Waals surface area contributed by atoms with Crippen LogP contribution in [0.25, 0.3) is 22.3 Å². The number of halogens is 4. The smallest absolute Gasteiger partial charge is 0.387 e. The van der Waals surface area contributed by atoms with Gasteiger partial charge in [-0.3, -0.25) is 19.6 Å². The van der Waals surface area contributed by atoms with Crippen molar-refractivity contribution >= 4 is 35.1 Å². The lowest BCUT2D eigenvalue weighted by atomic mass is 9.96. The molecule has 2 aromatic heterocycles. The Bertz CT molecular complexity index is 2350. The number of aryl methyl sites for hydroxylation is 2. The number of aliphatic hydroxyl groups excluding tert-OH is 1. The molecule has 0 spiro atoms. The first-order chi connectivity index (χ1) is 27.9. The number of carbonyl (C=O) groups is 2. The Morgan fingerprint density at radius 2 is 1.16 bits per heavy atom. The van der Waals surface area contributed by atoms with Gasteiger partial charge in [0.1, 0.15) is 21.7 Å². The minimum atomic E-state index is -2.96. The van der Waals surface area contributed by atoms with Crippen molar-refractivity contribution in [2.45, 2.75) is 43.7 Å². The summed E-state index contributed by atoms with van der Waals surface area (Å²) in [5, 5.41) is 11.6. The SMILES string of the molecule is Cc1cc(C(=O)C(=O)c2cccc(-c3cccnc3)c2)ccc1OC(F)F.Cc1cc(C(O)C2(c3cccc(-c4cccnc4)c3)SCCCS2)ccc1OC(F)F. The number of thioether (sulfide) groups is 2. The van der Waals surface area contributed by atoms with Crippen LogP contribution in [-0.4, -0.2) is 51.4 Å². The largest absolute Gasteiger partial charge is 0.435 e. The van der Waals surface area contributed by atoms with Gasteiger partial charge in [-0.2, -0.15) is 17.6 Å². The fourth-order valence-electron chi connectivity index (χ4n) is 6.42. The van der Waals surface area contributed by atoms with Crippen molar-refractivity contribution in [2.75, 3.05) is 11.5 Å². The molecule has 1 N–H and O–H groups in total. The maximum atomic E-state index is 12.6. The predicted octanol–water partition coefficient (Wildman–Crippen LogP) is 11.1. The van der Waals surface area contributed by atoms with E-state index in [1.165, 1.54) is 31.2 Å². The number of nitrogens with zero attached hydrogens (tertiary/aromatic N) is 2. The molecule has 0 radical (unpaired) electrons. The van der Waals surface area contributed by atoms with Gasteiger partial charge in [0.05, 0.1) is 0 Å². The van der Waals surface area contributed by atoms with Crippen molar-refractivity contribution in [2.24, 2.45) is 0 Å². The van der Waals surface area contributed by atoms with Crippen LogP contribution in [0.15, 0.2) is 134 Å². The number of ketones is 2. The average molecular weight is 827 g/mol. The van der Waals surface area contributed by atoms with E-state index in [1.807, 2.05) is 42.6 Å². The molecule has 0 saturated carbocycles. The summed E-state index contributed by atoms with van der Waals surface area (Å²) in [6, 6.07) is 31.3. The topological polar surface area (TPSA) is 98.6 Å². The van der Waals surface area contributed by atoms with Gasteiger partial charge in [-0.25, -0.2) is 0 Å². The molecule has 4 aromatic carbocycles. The zero-order valence-corrected chi connectivity index (χ0v) is 33.0. The molecule has 298 valence electrons. The second kappa shape index (κ2) is 19.3. The molecule has 6 aromatic rings. The van der Waals surface area contributed by atoms with Crippen LogP contribution in [0.3, 0.4) is 0 Å². The Balaban J connectivity index is 0.000000198. The molecule has 3 heterocycles. The first kappa shape index (κ1) is 42.1. The van der Waals surface area contributed by atoms with E-state index in [4.69, 9.17) is 0 Å². The third-order valence-corrected chi connectivity index (χ3v) is 12.7. The second-order valence-electron chi connectivity index (χ2n) is 13.2. The third-order valence-electron chi connectivity index (χ3n) is 9.25. The van der Waals surface area contributed by atoms with Gasteiger partial charge in [0.2, 0.25) is 11.6 Å². The van der Waals surface area contributed by atoms with Gasteiger partial charge in [0.25, 0.3) is 0 Å². The summed E-state index contributed by atoms with van der Waals surface area (Å²) in [6.07, 6.45) is 7.14. The Morgan fingerprint density at radius 1 is 0.638 bits per heavy atom. The molecule has 1 fully saturated rings. The van der Waals surface area contributed by atoms with E-state index in [-0.39, 0.29) is 22.6 Å².